The number of rotatable bonds is 4. The second-order valence-corrected chi connectivity index (χ2v) is 7.34. The third kappa shape index (κ3) is 3.47. The molecule has 2 aliphatic rings. The number of fused-ring (bicyclic) bond motifs is 2. The molecule has 0 unspecified atom stereocenters. The summed E-state index contributed by atoms with van der Waals surface area (Å²) in [5.41, 5.74) is 3.47. The van der Waals surface area contributed by atoms with Crippen molar-refractivity contribution in [1.82, 2.24) is 10.3 Å². The highest BCUT2D eigenvalue weighted by Gasteiger charge is 2.27. The Morgan fingerprint density at radius 2 is 1.93 bits per heavy atom. The van der Waals surface area contributed by atoms with Gasteiger partial charge in [0.05, 0.1) is 6.54 Å². The number of halogens is 1. The highest BCUT2D eigenvalue weighted by atomic mass is 35.5. The van der Waals surface area contributed by atoms with E-state index in [-0.39, 0.29) is 18.8 Å². The van der Waals surface area contributed by atoms with Crippen LogP contribution in [0.2, 0.25) is 5.02 Å². The van der Waals surface area contributed by atoms with Gasteiger partial charge < -0.3 is 19.5 Å². The monoisotopic (exact) mass is 408 g/mol. The molecule has 0 fully saturated rings. The summed E-state index contributed by atoms with van der Waals surface area (Å²) >= 11 is 6.32. The number of benzene rings is 2. The molecule has 29 heavy (non-hydrogen) atoms. The van der Waals surface area contributed by atoms with Crippen LogP contribution in [0.5, 0.6) is 17.2 Å². The fourth-order valence-electron chi connectivity index (χ4n) is 3.60. The van der Waals surface area contributed by atoms with Gasteiger partial charge in [0.25, 0.3) is 5.91 Å². The minimum atomic E-state index is -0.185. The van der Waals surface area contributed by atoms with Crippen LogP contribution < -0.4 is 19.5 Å². The molecule has 3 aromatic rings. The average molecular weight is 409 g/mol. The van der Waals surface area contributed by atoms with Crippen molar-refractivity contribution in [2.24, 2.45) is 0 Å². The van der Waals surface area contributed by atoms with E-state index in [1.54, 1.807) is 30.6 Å². The highest BCUT2D eigenvalue weighted by Crippen LogP contribution is 2.41. The number of nitrogens with one attached hydrogen (secondary N) is 1. The summed E-state index contributed by atoms with van der Waals surface area (Å²) in [5, 5.41) is 3.59. The van der Waals surface area contributed by atoms with Crippen LogP contribution >= 0.6 is 11.6 Å². The number of carbonyl (C=O) groups excluding carboxylic acids is 1. The molecule has 0 aliphatic carbocycles. The molecule has 6 nitrogen and oxygen atoms in total. The maximum absolute atomic E-state index is 12.5. The molecule has 0 radical (unpaired) electrons. The first-order valence-corrected chi connectivity index (χ1v) is 9.62. The molecule has 1 N–H and O–H groups in total. The normalized spacial score (nSPS) is 16.2. The zero-order valence-corrected chi connectivity index (χ0v) is 16.1. The first-order chi connectivity index (χ1) is 14.2. The van der Waals surface area contributed by atoms with E-state index >= 15 is 0 Å². The Morgan fingerprint density at radius 1 is 1.10 bits per heavy atom. The van der Waals surface area contributed by atoms with Crippen molar-refractivity contribution in [3.63, 3.8) is 0 Å². The van der Waals surface area contributed by atoms with Crippen LogP contribution in [0.1, 0.15) is 15.9 Å². The average Bonchev–Trinajstić information content (AvgIpc) is 3.37. The topological polar surface area (TPSA) is 69.7 Å². The molecule has 1 amide bonds. The molecule has 0 saturated heterocycles. The molecule has 5 rings (SSSR count). The van der Waals surface area contributed by atoms with Gasteiger partial charge in [-0.25, -0.2) is 0 Å². The van der Waals surface area contributed by atoms with E-state index in [1.165, 1.54) is 0 Å². The predicted octanol–water partition coefficient (Wildman–Crippen LogP) is 3.86. The van der Waals surface area contributed by atoms with Crippen molar-refractivity contribution in [2.45, 2.75) is 12.5 Å². The third-order valence-electron chi connectivity index (χ3n) is 4.98. The Bertz CT molecular complexity index is 1090. The lowest BCUT2D eigenvalue weighted by molar-refractivity contribution is 0.0933. The first kappa shape index (κ1) is 17.8. The van der Waals surface area contributed by atoms with E-state index in [9.17, 15) is 4.79 Å². The van der Waals surface area contributed by atoms with Crippen molar-refractivity contribution in [2.75, 3.05) is 13.3 Å². The van der Waals surface area contributed by atoms with E-state index in [0.29, 0.717) is 35.1 Å². The van der Waals surface area contributed by atoms with Gasteiger partial charge in [-0.2, -0.15) is 0 Å². The van der Waals surface area contributed by atoms with E-state index in [2.05, 4.69) is 10.3 Å². The second kappa shape index (κ2) is 7.29. The molecule has 1 aromatic heterocycles. The summed E-state index contributed by atoms with van der Waals surface area (Å²) in [7, 11) is 0. The van der Waals surface area contributed by atoms with Gasteiger partial charge in [-0.15, -0.1) is 0 Å². The van der Waals surface area contributed by atoms with Crippen molar-refractivity contribution in [3.05, 3.63) is 71.0 Å². The number of pyridine rings is 1. The zero-order valence-electron chi connectivity index (χ0n) is 15.4. The molecule has 146 valence electrons. The Labute approximate surface area is 172 Å². The SMILES string of the molecule is O=C(NC[C@@H]1Cc2cc(Cl)cc(-c3ccncc3)c2O1)c1ccc2c(c1)OCO2. The predicted molar refractivity (Wildman–Crippen MR) is 108 cm³/mol. The van der Waals surface area contributed by atoms with E-state index in [1.807, 2.05) is 24.3 Å². The lowest BCUT2D eigenvalue weighted by Crippen LogP contribution is -2.34. The molecule has 3 heterocycles. The maximum atomic E-state index is 12.5. The minimum Gasteiger partial charge on any atom is -0.487 e. The summed E-state index contributed by atoms with van der Waals surface area (Å²) in [5.74, 6) is 1.86. The number of ether oxygens (including phenoxy) is 3. The molecule has 1 atom stereocenters. The van der Waals surface area contributed by atoms with Crippen LogP contribution in [0.25, 0.3) is 11.1 Å². The third-order valence-corrected chi connectivity index (χ3v) is 5.20. The van der Waals surface area contributed by atoms with Crippen LogP contribution in [-0.4, -0.2) is 30.3 Å². The molecular weight excluding hydrogens is 392 g/mol. The quantitative estimate of drug-likeness (QED) is 0.709. The molecule has 7 heteroatoms. The van der Waals surface area contributed by atoms with Gasteiger partial charge in [0.1, 0.15) is 11.9 Å². The molecular formula is C22H17ClN2O4. The van der Waals surface area contributed by atoms with Crippen LogP contribution in [0.3, 0.4) is 0 Å². The first-order valence-electron chi connectivity index (χ1n) is 9.25. The summed E-state index contributed by atoms with van der Waals surface area (Å²) in [4.78, 5) is 16.6. The zero-order chi connectivity index (χ0) is 19.8. The van der Waals surface area contributed by atoms with Gasteiger partial charge in [0, 0.05) is 40.5 Å². The standard InChI is InChI=1S/C22H17ClN2O4/c23-16-7-15-8-17(29-21(15)18(10-16)13-3-5-24-6-4-13)11-25-22(26)14-1-2-19-20(9-14)28-12-27-19/h1-7,9-10,17H,8,11-12H2,(H,25,26)/t17-/m0/s1. The summed E-state index contributed by atoms with van der Waals surface area (Å²) < 4.78 is 16.8. The largest absolute Gasteiger partial charge is 0.487 e. The lowest BCUT2D eigenvalue weighted by Gasteiger charge is -2.14. The van der Waals surface area contributed by atoms with Crippen LogP contribution in [0.15, 0.2) is 54.9 Å². The number of amides is 1. The molecule has 0 spiro atoms. The Morgan fingerprint density at radius 3 is 2.79 bits per heavy atom. The fraction of sp³-hybridized carbons (Fsp3) is 0.182. The molecule has 2 aliphatic heterocycles. The van der Waals surface area contributed by atoms with Crippen molar-refractivity contribution < 1.29 is 19.0 Å². The molecule has 2 aromatic carbocycles. The number of hydrogen-bond donors (Lipinski definition) is 1. The fourth-order valence-corrected chi connectivity index (χ4v) is 3.84. The van der Waals surface area contributed by atoms with Gasteiger partial charge >= 0.3 is 0 Å². The summed E-state index contributed by atoms with van der Waals surface area (Å²) in [6, 6.07) is 12.8. The molecule has 0 saturated carbocycles. The van der Waals surface area contributed by atoms with Gasteiger partial charge in [-0.05, 0) is 48.0 Å². The number of carbonyl (C=O) groups is 1. The van der Waals surface area contributed by atoms with Crippen LogP contribution in [-0.2, 0) is 6.42 Å². The summed E-state index contributed by atoms with van der Waals surface area (Å²) in [6.45, 7) is 0.562. The van der Waals surface area contributed by atoms with Crippen LogP contribution in [0, 0.1) is 0 Å². The smallest absolute Gasteiger partial charge is 0.251 e. The van der Waals surface area contributed by atoms with E-state index < -0.39 is 0 Å². The highest BCUT2D eigenvalue weighted by molar-refractivity contribution is 6.31. The van der Waals surface area contributed by atoms with Gasteiger partial charge in [0.2, 0.25) is 6.79 Å². The van der Waals surface area contributed by atoms with E-state index in [4.69, 9.17) is 25.8 Å². The number of aromatic nitrogens is 1. The number of nitrogens with zero attached hydrogens (tertiary/aromatic N) is 1. The van der Waals surface area contributed by atoms with Crippen molar-refractivity contribution >= 4 is 17.5 Å². The Hall–Kier alpha value is -3.25. The maximum Gasteiger partial charge on any atom is 0.251 e. The van der Waals surface area contributed by atoms with Crippen molar-refractivity contribution in [1.29, 1.82) is 0 Å². The second-order valence-electron chi connectivity index (χ2n) is 6.90. The number of hydrogen-bond acceptors (Lipinski definition) is 5. The molecule has 0 bridgehead atoms. The Kier molecular flexibility index (Phi) is 4.48. The van der Waals surface area contributed by atoms with E-state index in [0.717, 1.165) is 22.4 Å². The van der Waals surface area contributed by atoms with Gasteiger partial charge in [0.15, 0.2) is 11.5 Å². The van der Waals surface area contributed by atoms with Crippen LogP contribution in [0.4, 0.5) is 0 Å². The minimum absolute atomic E-state index is 0.165. The van der Waals surface area contributed by atoms with Gasteiger partial charge in [-0.3, -0.25) is 9.78 Å². The lowest BCUT2D eigenvalue weighted by atomic mass is 10.0. The van der Waals surface area contributed by atoms with Gasteiger partial charge in [-0.1, -0.05) is 11.6 Å². The van der Waals surface area contributed by atoms with Crippen molar-refractivity contribution in [3.8, 4) is 28.4 Å². The summed E-state index contributed by atoms with van der Waals surface area (Å²) in [6.07, 6.45) is 3.98. The Balaban J connectivity index is 1.29.